The minimum absolute atomic E-state index is 0.773. The molecule has 0 spiro atoms. The molecule has 0 atom stereocenters. The van der Waals surface area contributed by atoms with Crippen LogP contribution < -0.4 is 9.47 Å². The highest BCUT2D eigenvalue weighted by atomic mass is 16.5. The smallest absolute Gasteiger partial charge is 0.119 e. The second-order valence-electron chi connectivity index (χ2n) is 12.0. The zero-order chi connectivity index (χ0) is 32.1. The summed E-state index contributed by atoms with van der Waals surface area (Å²) in [5.74, 6) is 1.86. The summed E-state index contributed by atoms with van der Waals surface area (Å²) in [4.78, 5) is 9.19. The summed E-state index contributed by atoms with van der Waals surface area (Å²) >= 11 is 0. The summed E-state index contributed by atoms with van der Waals surface area (Å²) in [5, 5.41) is 0. The normalized spacial score (nSPS) is 11.4. The minimum Gasteiger partial charge on any atom is -0.494 e. The van der Waals surface area contributed by atoms with Crippen LogP contribution in [0.25, 0.3) is 0 Å². The van der Waals surface area contributed by atoms with E-state index >= 15 is 0 Å². The van der Waals surface area contributed by atoms with E-state index in [4.69, 9.17) is 9.47 Å². The van der Waals surface area contributed by atoms with E-state index in [-0.39, 0.29) is 0 Å². The molecule has 0 bridgehead atoms. The van der Waals surface area contributed by atoms with Crippen LogP contribution in [0.15, 0.2) is 107 Å². The monoisotopic (exact) mass is 616 g/mol. The van der Waals surface area contributed by atoms with Crippen LogP contribution in [-0.2, 0) is 12.8 Å². The number of hydrogen-bond donors (Lipinski definition) is 0. The quantitative estimate of drug-likeness (QED) is 0.0690. The molecule has 0 amide bonds. The van der Waals surface area contributed by atoms with Crippen LogP contribution in [0.4, 0.5) is 11.4 Å². The minimum atomic E-state index is 0.773. The molecule has 4 aromatic rings. The van der Waals surface area contributed by atoms with Crippen LogP contribution in [0, 0.1) is 0 Å². The second kappa shape index (κ2) is 20.8. The van der Waals surface area contributed by atoms with Crippen LogP contribution >= 0.6 is 0 Å². The van der Waals surface area contributed by atoms with E-state index in [0.717, 1.165) is 72.9 Å². The third-order valence-corrected chi connectivity index (χ3v) is 8.01. The Bertz CT molecular complexity index is 1310. The Labute approximate surface area is 277 Å². The van der Waals surface area contributed by atoms with E-state index in [2.05, 4.69) is 96.6 Å². The summed E-state index contributed by atoms with van der Waals surface area (Å²) in [6.07, 6.45) is 18.2. The Balaban J connectivity index is 0.973. The first-order chi connectivity index (χ1) is 22.7. The number of aryl methyl sites for hydroxylation is 2. The van der Waals surface area contributed by atoms with Gasteiger partial charge in [0.1, 0.15) is 11.5 Å². The number of nitrogens with zero attached hydrogens (tertiary/aromatic N) is 2. The van der Waals surface area contributed by atoms with E-state index < -0.39 is 0 Å². The van der Waals surface area contributed by atoms with Crippen LogP contribution in [-0.4, -0.2) is 25.6 Å². The van der Waals surface area contributed by atoms with Crippen LogP contribution in [0.5, 0.6) is 11.5 Å². The Morgan fingerprint density at radius 1 is 0.435 bits per heavy atom. The van der Waals surface area contributed by atoms with Crippen LogP contribution in [0.3, 0.4) is 0 Å². The molecule has 4 heteroatoms. The lowest BCUT2D eigenvalue weighted by atomic mass is 10.1. The topological polar surface area (TPSA) is 43.2 Å². The SMILES string of the molecule is CCCc1ccc(N=Cc2ccc(OCCCCCCCCCCOc3ccc(C=Nc4ccc(CCC)cc4)cc3)cc2)cc1. The molecule has 4 nitrogen and oxygen atoms in total. The highest BCUT2D eigenvalue weighted by Gasteiger charge is 1.99. The summed E-state index contributed by atoms with van der Waals surface area (Å²) in [5.41, 5.74) is 6.86. The van der Waals surface area contributed by atoms with Crippen molar-refractivity contribution in [3.8, 4) is 11.5 Å². The molecule has 0 saturated heterocycles. The second-order valence-corrected chi connectivity index (χ2v) is 12.0. The van der Waals surface area contributed by atoms with Gasteiger partial charge in [-0.15, -0.1) is 0 Å². The van der Waals surface area contributed by atoms with Gasteiger partial charge in [0.15, 0.2) is 0 Å². The number of hydrogen-bond acceptors (Lipinski definition) is 4. The highest BCUT2D eigenvalue weighted by Crippen LogP contribution is 2.18. The molecule has 46 heavy (non-hydrogen) atoms. The van der Waals surface area contributed by atoms with E-state index in [1.54, 1.807) is 0 Å². The predicted octanol–water partition coefficient (Wildman–Crippen LogP) is 11.7. The van der Waals surface area contributed by atoms with Gasteiger partial charge in [-0.05, 0) is 121 Å². The van der Waals surface area contributed by atoms with Crippen molar-refractivity contribution in [1.82, 2.24) is 0 Å². The molecular weight excluding hydrogens is 564 g/mol. The molecule has 0 aliphatic rings. The first kappa shape index (κ1) is 34.7. The highest BCUT2D eigenvalue weighted by molar-refractivity contribution is 5.82. The van der Waals surface area contributed by atoms with Gasteiger partial charge < -0.3 is 9.47 Å². The molecule has 0 aromatic heterocycles. The van der Waals surface area contributed by atoms with Gasteiger partial charge in [0.2, 0.25) is 0 Å². The fourth-order valence-corrected chi connectivity index (χ4v) is 5.32. The summed E-state index contributed by atoms with van der Waals surface area (Å²) in [6.45, 7) is 5.95. The molecule has 0 saturated carbocycles. The maximum atomic E-state index is 5.95. The van der Waals surface area contributed by atoms with Crippen molar-refractivity contribution in [2.75, 3.05) is 13.2 Å². The van der Waals surface area contributed by atoms with Crippen molar-refractivity contribution < 1.29 is 9.47 Å². The zero-order valence-electron chi connectivity index (χ0n) is 28.0. The lowest BCUT2D eigenvalue weighted by Crippen LogP contribution is -1.98. The van der Waals surface area contributed by atoms with Gasteiger partial charge in [0, 0.05) is 12.4 Å². The third kappa shape index (κ3) is 13.4. The Morgan fingerprint density at radius 2 is 0.783 bits per heavy atom. The Hall–Kier alpha value is -4.18. The van der Waals surface area contributed by atoms with Gasteiger partial charge in [-0.1, -0.05) is 89.5 Å². The molecule has 0 N–H and O–H groups in total. The van der Waals surface area contributed by atoms with Gasteiger partial charge in [-0.3, -0.25) is 9.98 Å². The molecule has 242 valence electrons. The summed E-state index contributed by atoms with van der Waals surface area (Å²) in [6, 6.07) is 33.4. The largest absolute Gasteiger partial charge is 0.494 e. The van der Waals surface area contributed by atoms with E-state index in [1.165, 1.54) is 62.5 Å². The zero-order valence-corrected chi connectivity index (χ0v) is 28.0. The average Bonchev–Trinajstić information content (AvgIpc) is 3.09. The Kier molecular flexibility index (Phi) is 15.7. The molecule has 0 aliphatic carbocycles. The van der Waals surface area contributed by atoms with Crippen molar-refractivity contribution in [2.24, 2.45) is 9.98 Å². The molecular formula is C42H52N2O2. The summed E-state index contributed by atoms with van der Waals surface area (Å²) < 4.78 is 11.9. The van der Waals surface area contributed by atoms with Gasteiger partial charge in [0.05, 0.1) is 24.6 Å². The van der Waals surface area contributed by atoms with Crippen molar-refractivity contribution in [3.63, 3.8) is 0 Å². The lowest BCUT2D eigenvalue weighted by Gasteiger charge is -2.07. The molecule has 4 aromatic carbocycles. The van der Waals surface area contributed by atoms with Crippen LogP contribution in [0.1, 0.15) is 100 Å². The van der Waals surface area contributed by atoms with E-state index in [0.29, 0.717) is 0 Å². The fraction of sp³-hybridized carbons (Fsp3) is 0.381. The summed E-state index contributed by atoms with van der Waals surface area (Å²) in [7, 11) is 0. The molecule has 0 radical (unpaired) electrons. The Morgan fingerprint density at radius 3 is 1.13 bits per heavy atom. The van der Waals surface area contributed by atoms with Crippen molar-refractivity contribution in [3.05, 3.63) is 119 Å². The van der Waals surface area contributed by atoms with E-state index in [1.807, 2.05) is 36.7 Å². The van der Waals surface area contributed by atoms with E-state index in [9.17, 15) is 0 Å². The third-order valence-electron chi connectivity index (χ3n) is 8.01. The molecule has 0 unspecified atom stereocenters. The number of rotatable bonds is 21. The maximum Gasteiger partial charge on any atom is 0.119 e. The van der Waals surface area contributed by atoms with Crippen molar-refractivity contribution in [1.29, 1.82) is 0 Å². The lowest BCUT2D eigenvalue weighted by molar-refractivity contribution is 0.301. The number of ether oxygens (including phenoxy) is 2. The van der Waals surface area contributed by atoms with Gasteiger partial charge in [-0.25, -0.2) is 0 Å². The van der Waals surface area contributed by atoms with Gasteiger partial charge in [-0.2, -0.15) is 0 Å². The van der Waals surface area contributed by atoms with Crippen molar-refractivity contribution >= 4 is 23.8 Å². The first-order valence-corrected chi connectivity index (χ1v) is 17.4. The molecule has 0 heterocycles. The number of benzene rings is 4. The number of unbranched alkanes of at least 4 members (excludes halogenated alkanes) is 7. The van der Waals surface area contributed by atoms with Gasteiger partial charge >= 0.3 is 0 Å². The molecule has 4 rings (SSSR count). The van der Waals surface area contributed by atoms with Crippen LogP contribution in [0.2, 0.25) is 0 Å². The van der Waals surface area contributed by atoms with Crippen molar-refractivity contribution in [2.45, 2.75) is 90.9 Å². The molecule has 0 fully saturated rings. The average molecular weight is 617 g/mol. The number of aliphatic imine (C=N–C) groups is 2. The first-order valence-electron chi connectivity index (χ1n) is 17.4. The molecule has 0 aliphatic heterocycles. The predicted molar refractivity (Wildman–Crippen MR) is 196 cm³/mol. The standard InChI is InChI=1S/C42H52N2O2/c1-3-13-35-15-23-39(24-16-35)43-33-37-19-27-41(28-20-37)45-31-11-9-7-5-6-8-10-12-32-46-42-29-21-38(22-30-42)34-44-40-25-17-36(14-4-2)18-26-40/h15-30,33-34H,3-14,31-32H2,1-2H3. The fourth-order valence-electron chi connectivity index (χ4n) is 5.32. The maximum absolute atomic E-state index is 5.95. The van der Waals surface area contributed by atoms with Gasteiger partial charge in [0.25, 0.3) is 0 Å².